The molecule has 1 rings (SSSR count). The second kappa shape index (κ2) is 3.61. The van der Waals surface area contributed by atoms with E-state index in [2.05, 4.69) is 4.74 Å². The first-order valence-corrected chi connectivity index (χ1v) is 3.75. The lowest BCUT2D eigenvalue weighted by atomic mass is 10.1. The second-order valence-electron chi connectivity index (χ2n) is 2.71. The molecule has 1 aromatic carbocycles. The van der Waals surface area contributed by atoms with Crippen LogP contribution in [0.2, 0.25) is 0 Å². The molecule has 0 unspecified atom stereocenters. The summed E-state index contributed by atoms with van der Waals surface area (Å²) in [5.74, 6) is -4.30. The number of hydrogen-bond acceptors (Lipinski definition) is 2. The molecule has 0 bridgehead atoms. The molecule has 3 nitrogen and oxygen atoms in total. The summed E-state index contributed by atoms with van der Waals surface area (Å²) in [6, 6.07) is 1.03. The van der Waals surface area contributed by atoms with Crippen molar-refractivity contribution in [1.29, 1.82) is 0 Å². The molecule has 0 aliphatic rings. The van der Waals surface area contributed by atoms with Crippen molar-refractivity contribution in [2.24, 2.45) is 0 Å². The van der Waals surface area contributed by atoms with Crippen LogP contribution in [0.4, 0.5) is 8.78 Å². The highest BCUT2D eigenvalue weighted by Gasteiger charge is 2.20. The smallest absolute Gasteiger partial charge is 0.339 e. The third-order valence-corrected chi connectivity index (χ3v) is 1.78. The average Bonchev–Trinajstić information content (AvgIpc) is 2.13. The number of carbonyl (C=O) groups is 1. The molecule has 76 valence electrons. The summed E-state index contributed by atoms with van der Waals surface area (Å²) >= 11 is 0. The zero-order valence-electron chi connectivity index (χ0n) is 7.60. The molecule has 0 aromatic heterocycles. The molecule has 0 aliphatic heterocycles. The Bertz CT molecular complexity index is 388. The Morgan fingerprint density at radius 3 is 2.43 bits per heavy atom. The molecule has 0 spiro atoms. The lowest BCUT2D eigenvalue weighted by molar-refractivity contribution is 0.0692. The minimum atomic E-state index is -1.36. The third-order valence-electron chi connectivity index (χ3n) is 1.78. The molecule has 0 atom stereocenters. The summed E-state index contributed by atoms with van der Waals surface area (Å²) in [5, 5.41) is 8.67. The van der Waals surface area contributed by atoms with E-state index >= 15 is 0 Å². The zero-order valence-corrected chi connectivity index (χ0v) is 7.60. The molecule has 5 heteroatoms. The van der Waals surface area contributed by atoms with Gasteiger partial charge >= 0.3 is 5.97 Å². The summed E-state index contributed by atoms with van der Waals surface area (Å²) in [4.78, 5) is 10.6. The summed E-state index contributed by atoms with van der Waals surface area (Å²) < 4.78 is 30.6. The van der Waals surface area contributed by atoms with Crippen LogP contribution in [0.25, 0.3) is 0 Å². The maximum Gasteiger partial charge on any atom is 0.339 e. The first-order valence-electron chi connectivity index (χ1n) is 3.75. The third kappa shape index (κ3) is 1.53. The van der Waals surface area contributed by atoms with E-state index in [1.54, 1.807) is 0 Å². The first-order chi connectivity index (χ1) is 6.49. The highest BCUT2D eigenvalue weighted by Crippen LogP contribution is 2.27. The molecule has 0 radical (unpaired) electrons. The van der Waals surface area contributed by atoms with E-state index in [1.165, 1.54) is 6.92 Å². The fourth-order valence-corrected chi connectivity index (χ4v) is 1.09. The van der Waals surface area contributed by atoms with Crippen molar-refractivity contribution in [1.82, 2.24) is 0 Å². The summed E-state index contributed by atoms with van der Waals surface area (Å²) in [7, 11) is 1.08. The lowest BCUT2D eigenvalue weighted by Crippen LogP contribution is -2.05. The molecule has 0 amide bonds. The van der Waals surface area contributed by atoms with Gasteiger partial charge in [-0.15, -0.1) is 0 Å². The normalized spacial score (nSPS) is 10.0. The highest BCUT2D eigenvalue weighted by atomic mass is 19.2. The maximum atomic E-state index is 13.1. The Labute approximate surface area is 78.9 Å². The Morgan fingerprint density at radius 1 is 1.43 bits per heavy atom. The summed E-state index contributed by atoms with van der Waals surface area (Å²) in [5.41, 5.74) is -0.454. The molecule has 0 saturated carbocycles. The van der Waals surface area contributed by atoms with Gasteiger partial charge in [-0.25, -0.2) is 9.18 Å². The number of benzene rings is 1. The number of carboxylic acids is 1. The van der Waals surface area contributed by atoms with Gasteiger partial charge in [0.05, 0.1) is 7.11 Å². The van der Waals surface area contributed by atoms with Crippen LogP contribution in [0.5, 0.6) is 5.75 Å². The van der Waals surface area contributed by atoms with Gasteiger partial charge < -0.3 is 9.84 Å². The number of ether oxygens (including phenoxy) is 1. The molecule has 0 saturated heterocycles. The molecule has 0 aliphatic carbocycles. The highest BCUT2D eigenvalue weighted by molar-refractivity contribution is 5.91. The number of aryl methyl sites for hydroxylation is 1. The lowest BCUT2D eigenvalue weighted by Gasteiger charge is -2.08. The van der Waals surface area contributed by atoms with Gasteiger partial charge in [-0.05, 0) is 18.6 Å². The van der Waals surface area contributed by atoms with Crippen LogP contribution in [0, 0.1) is 18.6 Å². The zero-order chi connectivity index (χ0) is 10.9. The molecular formula is C9H8F2O3. The fourth-order valence-electron chi connectivity index (χ4n) is 1.09. The van der Waals surface area contributed by atoms with Crippen LogP contribution in [0.15, 0.2) is 6.07 Å². The van der Waals surface area contributed by atoms with Crippen LogP contribution < -0.4 is 4.74 Å². The Kier molecular flexibility index (Phi) is 2.69. The van der Waals surface area contributed by atoms with Crippen LogP contribution in [-0.2, 0) is 0 Å². The average molecular weight is 202 g/mol. The molecule has 0 fully saturated rings. The van der Waals surface area contributed by atoms with Crippen molar-refractivity contribution in [2.45, 2.75) is 6.92 Å². The number of aromatic carboxylic acids is 1. The van der Waals surface area contributed by atoms with E-state index in [1.807, 2.05) is 0 Å². The van der Waals surface area contributed by atoms with E-state index in [0.717, 1.165) is 13.2 Å². The van der Waals surface area contributed by atoms with Crippen LogP contribution in [0.1, 0.15) is 15.9 Å². The molecule has 14 heavy (non-hydrogen) atoms. The Morgan fingerprint density at radius 2 is 2.00 bits per heavy atom. The van der Waals surface area contributed by atoms with Crippen LogP contribution in [0.3, 0.4) is 0 Å². The second-order valence-corrected chi connectivity index (χ2v) is 2.71. The van der Waals surface area contributed by atoms with Gasteiger partial charge in [-0.2, -0.15) is 4.39 Å². The quantitative estimate of drug-likeness (QED) is 0.797. The minimum absolute atomic E-state index is 0.0688. The van der Waals surface area contributed by atoms with Crippen molar-refractivity contribution < 1.29 is 23.4 Å². The van der Waals surface area contributed by atoms with Gasteiger partial charge in [0.2, 0.25) is 5.82 Å². The van der Waals surface area contributed by atoms with Gasteiger partial charge in [0.25, 0.3) is 0 Å². The van der Waals surface area contributed by atoms with Crippen molar-refractivity contribution in [2.75, 3.05) is 7.11 Å². The minimum Gasteiger partial charge on any atom is -0.493 e. The molecule has 0 heterocycles. The van der Waals surface area contributed by atoms with Crippen molar-refractivity contribution in [3.63, 3.8) is 0 Å². The number of carboxylic acid groups (broad SMARTS) is 1. The number of halogens is 2. The number of methoxy groups -OCH3 is 1. The van der Waals surface area contributed by atoms with Crippen molar-refractivity contribution in [3.05, 3.63) is 28.8 Å². The number of rotatable bonds is 2. The Hall–Kier alpha value is -1.65. The van der Waals surface area contributed by atoms with E-state index in [-0.39, 0.29) is 11.1 Å². The molecule has 1 N–H and O–H groups in total. The van der Waals surface area contributed by atoms with Gasteiger partial charge in [-0.3, -0.25) is 0 Å². The topological polar surface area (TPSA) is 46.5 Å². The summed E-state index contributed by atoms with van der Waals surface area (Å²) in [6.45, 7) is 1.28. The van der Waals surface area contributed by atoms with Gasteiger partial charge in [0.1, 0.15) is 5.56 Å². The van der Waals surface area contributed by atoms with Gasteiger partial charge in [-0.1, -0.05) is 0 Å². The van der Waals surface area contributed by atoms with Gasteiger partial charge in [0, 0.05) is 0 Å². The van der Waals surface area contributed by atoms with E-state index in [4.69, 9.17) is 5.11 Å². The van der Waals surface area contributed by atoms with Crippen LogP contribution >= 0.6 is 0 Å². The van der Waals surface area contributed by atoms with Gasteiger partial charge in [0.15, 0.2) is 11.6 Å². The predicted molar refractivity (Wildman–Crippen MR) is 44.6 cm³/mol. The Balaban J connectivity index is 3.51. The molecular weight excluding hydrogens is 194 g/mol. The van der Waals surface area contributed by atoms with E-state index in [0.29, 0.717) is 0 Å². The van der Waals surface area contributed by atoms with E-state index in [9.17, 15) is 13.6 Å². The van der Waals surface area contributed by atoms with Crippen molar-refractivity contribution >= 4 is 5.97 Å². The van der Waals surface area contributed by atoms with Crippen LogP contribution in [-0.4, -0.2) is 18.2 Å². The van der Waals surface area contributed by atoms with Crippen molar-refractivity contribution in [3.8, 4) is 5.75 Å². The first kappa shape index (κ1) is 10.4. The SMILES string of the molecule is COc1c(C(=O)O)cc(C)c(F)c1F. The largest absolute Gasteiger partial charge is 0.493 e. The molecule has 1 aromatic rings. The summed E-state index contributed by atoms with van der Waals surface area (Å²) in [6.07, 6.45) is 0. The number of hydrogen-bond donors (Lipinski definition) is 1. The van der Waals surface area contributed by atoms with E-state index < -0.39 is 23.4 Å². The monoisotopic (exact) mass is 202 g/mol. The standard InChI is InChI=1S/C9H8F2O3/c1-4-3-5(9(12)13)8(14-2)7(11)6(4)10/h3H,1-2H3,(H,12,13). The maximum absolute atomic E-state index is 13.1. The fraction of sp³-hybridized carbons (Fsp3) is 0.222. The predicted octanol–water partition coefficient (Wildman–Crippen LogP) is 1.98.